The van der Waals surface area contributed by atoms with Gasteiger partial charge in [-0.1, -0.05) is 11.6 Å². The Morgan fingerprint density at radius 1 is 1.55 bits per heavy atom. The molecule has 0 aliphatic heterocycles. The van der Waals surface area contributed by atoms with Crippen molar-refractivity contribution in [3.8, 4) is 0 Å². The predicted molar refractivity (Wildman–Crippen MR) is 39.7 cm³/mol. The van der Waals surface area contributed by atoms with Gasteiger partial charge in [-0.05, 0) is 15.9 Å². The molecule has 0 atom stereocenters. The third-order valence-electron chi connectivity index (χ3n) is 0.930. The molecule has 0 fully saturated rings. The fourth-order valence-corrected chi connectivity index (χ4v) is 0.972. The average molecular weight is 243 g/mol. The maximum Gasteiger partial charge on any atom is 0.283 e. The summed E-state index contributed by atoms with van der Waals surface area (Å²) in [6.45, 7) is 0. The number of aromatic nitrogens is 2. The summed E-state index contributed by atoms with van der Waals surface area (Å²) < 4.78 is 24.2. The van der Waals surface area contributed by atoms with Gasteiger partial charge in [-0.3, -0.25) is 0 Å². The highest BCUT2D eigenvalue weighted by atomic mass is 79.9. The molecule has 0 aliphatic rings. The molecule has 0 saturated heterocycles. The third kappa shape index (κ3) is 2.07. The highest BCUT2D eigenvalue weighted by Crippen LogP contribution is 2.23. The van der Waals surface area contributed by atoms with Gasteiger partial charge in [-0.25, -0.2) is 18.7 Å². The maximum atomic E-state index is 12.0. The molecule has 6 heteroatoms. The molecule has 0 aliphatic carbocycles. The first-order valence-electron chi connectivity index (χ1n) is 2.57. The lowest BCUT2D eigenvalue weighted by Gasteiger charge is -1.99. The molecule has 0 unspecified atom stereocenters. The van der Waals surface area contributed by atoms with Gasteiger partial charge in [-0.15, -0.1) is 0 Å². The van der Waals surface area contributed by atoms with Crippen molar-refractivity contribution in [2.45, 2.75) is 6.43 Å². The number of alkyl halides is 2. The molecule has 0 radical (unpaired) electrons. The molecule has 1 aromatic heterocycles. The largest absolute Gasteiger partial charge is 0.283 e. The van der Waals surface area contributed by atoms with E-state index in [2.05, 4.69) is 25.9 Å². The normalized spacial score (nSPS) is 10.6. The number of halogens is 4. The zero-order valence-corrected chi connectivity index (χ0v) is 7.40. The predicted octanol–water partition coefficient (Wildman–Crippen LogP) is 2.83. The second kappa shape index (κ2) is 3.40. The van der Waals surface area contributed by atoms with Gasteiger partial charge in [0.2, 0.25) is 0 Å². The van der Waals surface area contributed by atoms with Gasteiger partial charge in [0.1, 0.15) is 10.3 Å². The van der Waals surface area contributed by atoms with Crippen LogP contribution >= 0.6 is 27.5 Å². The van der Waals surface area contributed by atoms with Crippen LogP contribution in [-0.4, -0.2) is 9.97 Å². The molecule has 0 amide bonds. The maximum absolute atomic E-state index is 12.0. The molecule has 1 aromatic rings. The highest BCUT2D eigenvalue weighted by molar-refractivity contribution is 9.10. The van der Waals surface area contributed by atoms with E-state index < -0.39 is 12.1 Å². The van der Waals surface area contributed by atoms with Gasteiger partial charge >= 0.3 is 0 Å². The lowest BCUT2D eigenvalue weighted by Crippen LogP contribution is -1.94. The Bertz CT molecular complexity index is 269. The third-order valence-corrected chi connectivity index (χ3v) is 1.60. The number of nitrogens with zero attached hydrogens (tertiary/aromatic N) is 2. The molecule has 0 bridgehead atoms. The summed E-state index contributed by atoms with van der Waals surface area (Å²) in [5, 5.41) is -0.261. The number of rotatable bonds is 1. The van der Waals surface area contributed by atoms with Gasteiger partial charge in [-0.2, -0.15) is 0 Å². The smallest absolute Gasteiger partial charge is 0.240 e. The summed E-state index contributed by atoms with van der Waals surface area (Å²) >= 11 is 8.22. The summed E-state index contributed by atoms with van der Waals surface area (Å²) in [5.41, 5.74) is -0.499. The molecular formula is C5H2BrClF2N2. The van der Waals surface area contributed by atoms with Crippen LogP contribution in [0.1, 0.15) is 12.1 Å². The van der Waals surface area contributed by atoms with E-state index in [9.17, 15) is 8.78 Å². The Kier molecular flexibility index (Phi) is 2.72. The second-order valence-electron chi connectivity index (χ2n) is 1.67. The average Bonchev–Trinajstić information content (AvgIpc) is 1.94. The zero-order valence-electron chi connectivity index (χ0n) is 5.06. The summed E-state index contributed by atoms with van der Waals surface area (Å²) in [5.74, 6) is 0. The molecule has 2 nitrogen and oxygen atoms in total. The minimum absolute atomic E-state index is 0.247. The lowest BCUT2D eigenvalue weighted by atomic mass is 10.5. The van der Waals surface area contributed by atoms with Crippen molar-refractivity contribution < 1.29 is 8.78 Å². The quantitative estimate of drug-likeness (QED) is 0.758. The molecule has 0 spiro atoms. The summed E-state index contributed by atoms with van der Waals surface area (Å²) in [6.07, 6.45) is -1.43. The van der Waals surface area contributed by atoms with Crippen LogP contribution in [-0.2, 0) is 0 Å². The van der Waals surface area contributed by atoms with Crippen LogP contribution in [0.3, 0.4) is 0 Å². The minimum atomic E-state index is -2.69. The van der Waals surface area contributed by atoms with Gasteiger partial charge in [0, 0.05) is 0 Å². The number of hydrogen-bond acceptors (Lipinski definition) is 2. The van der Waals surface area contributed by atoms with Crippen molar-refractivity contribution in [1.29, 1.82) is 0 Å². The summed E-state index contributed by atoms with van der Waals surface area (Å²) in [4.78, 5) is 6.92. The Balaban J connectivity index is 3.13. The molecule has 0 saturated carbocycles. The van der Waals surface area contributed by atoms with Crippen molar-refractivity contribution in [3.05, 3.63) is 21.6 Å². The van der Waals surface area contributed by atoms with E-state index in [1.807, 2.05) is 0 Å². The van der Waals surface area contributed by atoms with Crippen LogP contribution in [0.4, 0.5) is 8.78 Å². The van der Waals surface area contributed by atoms with Crippen molar-refractivity contribution in [2.24, 2.45) is 0 Å². The topological polar surface area (TPSA) is 25.8 Å². The van der Waals surface area contributed by atoms with Gasteiger partial charge in [0.05, 0.1) is 6.20 Å². The van der Waals surface area contributed by atoms with E-state index in [1.54, 1.807) is 0 Å². The van der Waals surface area contributed by atoms with Crippen LogP contribution in [0.15, 0.2) is 10.8 Å². The van der Waals surface area contributed by atoms with Crippen molar-refractivity contribution in [2.75, 3.05) is 0 Å². The molecule has 0 aromatic carbocycles. The standard InChI is InChI=1S/C5H2BrClF2N2/c6-2-1-10-4(7)3(11-2)5(8)9/h1,5H. The molecular weight excluding hydrogens is 241 g/mol. The van der Waals surface area contributed by atoms with Crippen LogP contribution < -0.4 is 0 Å². The molecule has 0 N–H and O–H groups in total. The Morgan fingerprint density at radius 2 is 2.18 bits per heavy atom. The van der Waals surface area contributed by atoms with E-state index in [0.717, 1.165) is 0 Å². The van der Waals surface area contributed by atoms with Gasteiger partial charge in [0.25, 0.3) is 6.43 Å². The lowest BCUT2D eigenvalue weighted by molar-refractivity contribution is 0.145. The van der Waals surface area contributed by atoms with Crippen molar-refractivity contribution in [3.63, 3.8) is 0 Å². The molecule has 1 rings (SSSR count). The SMILES string of the molecule is FC(F)c1nc(Br)cnc1Cl. The Hall–Kier alpha value is -0.290. The van der Waals surface area contributed by atoms with Crippen LogP contribution in [0.5, 0.6) is 0 Å². The highest BCUT2D eigenvalue weighted by Gasteiger charge is 2.14. The molecule has 11 heavy (non-hydrogen) atoms. The molecule has 60 valence electrons. The van der Waals surface area contributed by atoms with E-state index in [4.69, 9.17) is 11.6 Å². The van der Waals surface area contributed by atoms with Crippen LogP contribution in [0.2, 0.25) is 5.15 Å². The van der Waals surface area contributed by atoms with E-state index >= 15 is 0 Å². The summed E-state index contributed by atoms with van der Waals surface area (Å²) in [7, 11) is 0. The first-order chi connectivity index (χ1) is 5.11. The monoisotopic (exact) mass is 242 g/mol. The fraction of sp³-hybridized carbons (Fsp3) is 0.200. The number of hydrogen-bond donors (Lipinski definition) is 0. The van der Waals surface area contributed by atoms with Gasteiger partial charge in [0.15, 0.2) is 5.15 Å². The van der Waals surface area contributed by atoms with Crippen molar-refractivity contribution >= 4 is 27.5 Å². The molecule has 1 heterocycles. The fourth-order valence-electron chi connectivity index (χ4n) is 0.505. The second-order valence-corrected chi connectivity index (χ2v) is 2.84. The first kappa shape index (κ1) is 8.80. The van der Waals surface area contributed by atoms with Crippen molar-refractivity contribution in [1.82, 2.24) is 9.97 Å². The van der Waals surface area contributed by atoms with Gasteiger partial charge < -0.3 is 0 Å². The summed E-state index contributed by atoms with van der Waals surface area (Å²) in [6, 6.07) is 0. The Morgan fingerprint density at radius 3 is 2.64 bits per heavy atom. The van der Waals surface area contributed by atoms with E-state index in [-0.39, 0.29) is 9.76 Å². The van der Waals surface area contributed by atoms with Crippen LogP contribution in [0, 0.1) is 0 Å². The zero-order chi connectivity index (χ0) is 8.43. The van der Waals surface area contributed by atoms with E-state index in [1.165, 1.54) is 6.20 Å². The van der Waals surface area contributed by atoms with Crippen LogP contribution in [0.25, 0.3) is 0 Å². The van der Waals surface area contributed by atoms with E-state index in [0.29, 0.717) is 0 Å². The first-order valence-corrected chi connectivity index (χ1v) is 3.74. The Labute approximate surface area is 74.7 Å². The minimum Gasteiger partial charge on any atom is -0.240 e.